The van der Waals surface area contributed by atoms with Gasteiger partial charge in [-0.1, -0.05) is 15.9 Å². The van der Waals surface area contributed by atoms with E-state index in [1.54, 1.807) is 14.0 Å². The maximum absolute atomic E-state index is 9.68. The lowest BCUT2D eigenvalue weighted by Gasteiger charge is -2.30. The van der Waals surface area contributed by atoms with Crippen LogP contribution in [0.1, 0.15) is 26.3 Å². The topological polar surface area (TPSA) is 41.5 Å². The summed E-state index contributed by atoms with van der Waals surface area (Å²) in [6.45, 7) is 6.34. The number of ether oxygens (including phenoxy) is 1. The molecule has 0 heterocycles. The Morgan fingerprint density at radius 3 is 2.50 bits per heavy atom. The van der Waals surface area contributed by atoms with E-state index in [1.807, 2.05) is 26.0 Å². The Hall–Kier alpha value is -0.100. The Kier molecular flexibility index (Phi) is 5.65. The maximum atomic E-state index is 9.68. The van der Waals surface area contributed by atoms with E-state index in [0.717, 1.165) is 20.3 Å². The monoisotopic (exact) mass is 379 g/mol. The molecule has 0 amide bonds. The molecule has 0 aliphatic rings. The van der Waals surface area contributed by atoms with Gasteiger partial charge in [0.15, 0.2) is 0 Å². The molecular formula is C13H19Br2NO2. The van der Waals surface area contributed by atoms with E-state index in [2.05, 4.69) is 37.2 Å². The summed E-state index contributed by atoms with van der Waals surface area (Å²) in [5, 5.41) is 13.0. The van der Waals surface area contributed by atoms with Gasteiger partial charge in [-0.05, 0) is 48.8 Å². The molecular weight excluding hydrogens is 362 g/mol. The second-order valence-corrected chi connectivity index (χ2v) is 6.60. The molecule has 1 rings (SSSR count). The molecule has 1 atom stereocenters. The highest BCUT2D eigenvalue weighted by Crippen LogP contribution is 2.32. The van der Waals surface area contributed by atoms with Crippen molar-refractivity contribution in [1.29, 1.82) is 0 Å². The average Bonchev–Trinajstić information content (AvgIpc) is 2.25. The van der Waals surface area contributed by atoms with Crippen LogP contribution in [0.5, 0.6) is 5.75 Å². The molecule has 0 radical (unpaired) electrons. The van der Waals surface area contributed by atoms with E-state index in [9.17, 15) is 5.11 Å². The Labute approximate surface area is 125 Å². The molecule has 0 saturated heterocycles. The predicted molar refractivity (Wildman–Crippen MR) is 81.0 cm³/mol. The van der Waals surface area contributed by atoms with Crippen molar-refractivity contribution in [2.45, 2.75) is 39.0 Å². The van der Waals surface area contributed by atoms with Crippen molar-refractivity contribution in [2.24, 2.45) is 0 Å². The van der Waals surface area contributed by atoms with E-state index in [-0.39, 0.29) is 5.54 Å². The Morgan fingerprint density at radius 1 is 1.39 bits per heavy atom. The van der Waals surface area contributed by atoms with Crippen LogP contribution in [0.4, 0.5) is 0 Å². The van der Waals surface area contributed by atoms with E-state index in [1.165, 1.54) is 0 Å². The number of methoxy groups -OCH3 is 1. The van der Waals surface area contributed by atoms with Crippen LogP contribution in [0, 0.1) is 0 Å². The SMILES string of the molecule is COc1c(Br)cc(Br)cc1CNC(C)(C)C(C)O. The predicted octanol–water partition coefficient (Wildman–Crippen LogP) is 3.47. The minimum Gasteiger partial charge on any atom is -0.495 e. The van der Waals surface area contributed by atoms with Crippen LogP contribution in [0.25, 0.3) is 0 Å². The highest BCUT2D eigenvalue weighted by Gasteiger charge is 2.23. The Balaban J connectivity index is 2.91. The van der Waals surface area contributed by atoms with Crippen LogP contribution in [0.2, 0.25) is 0 Å². The second kappa shape index (κ2) is 6.37. The van der Waals surface area contributed by atoms with Gasteiger partial charge in [0.2, 0.25) is 0 Å². The fourth-order valence-corrected chi connectivity index (χ4v) is 2.92. The van der Waals surface area contributed by atoms with Crippen molar-refractivity contribution in [3.8, 4) is 5.75 Å². The van der Waals surface area contributed by atoms with Gasteiger partial charge in [-0.25, -0.2) is 0 Å². The van der Waals surface area contributed by atoms with Crippen LogP contribution in [-0.4, -0.2) is 23.9 Å². The number of nitrogens with one attached hydrogen (secondary N) is 1. The van der Waals surface area contributed by atoms with Gasteiger partial charge in [0.05, 0.1) is 17.7 Å². The lowest BCUT2D eigenvalue weighted by atomic mass is 9.98. The smallest absolute Gasteiger partial charge is 0.137 e. The van der Waals surface area contributed by atoms with Crippen molar-refractivity contribution < 1.29 is 9.84 Å². The minimum atomic E-state index is -0.431. The van der Waals surface area contributed by atoms with Gasteiger partial charge in [-0.2, -0.15) is 0 Å². The molecule has 0 aromatic heterocycles. The fraction of sp³-hybridized carbons (Fsp3) is 0.538. The third-order valence-electron chi connectivity index (χ3n) is 3.07. The summed E-state index contributed by atoms with van der Waals surface area (Å²) in [6, 6.07) is 3.96. The third-order valence-corrected chi connectivity index (χ3v) is 4.12. The number of rotatable bonds is 5. The molecule has 0 fully saturated rings. The lowest BCUT2D eigenvalue weighted by Crippen LogP contribution is -2.47. The number of benzene rings is 1. The normalized spacial score (nSPS) is 13.5. The molecule has 0 aliphatic heterocycles. The lowest BCUT2D eigenvalue weighted by molar-refractivity contribution is 0.0955. The van der Waals surface area contributed by atoms with Crippen molar-refractivity contribution in [1.82, 2.24) is 5.32 Å². The number of halogens is 2. The van der Waals surface area contributed by atoms with Gasteiger partial charge in [0.25, 0.3) is 0 Å². The first-order valence-electron chi connectivity index (χ1n) is 5.73. The summed E-state index contributed by atoms with van der Waals surface area (Å²) in [5.41, 5.74) is 0.687. The van der Waals surface area contributed by atoms with Gasteiger partial charge in [-0.3, -0.25) is 0 Å². The van der Waals surface area contributed by atoms with Crippen molar-refractivity contribution >= 4 is 31.9 Å². The van der Waals surface area contributed by atoms with E-state index < -0.39 is 6.10 Å². The molecule has 0 bridgehead atoms. The van der Waals surface area contributed by atoms with Crippen LogP contribution < -0.4 is 10.1 Å². The molecule has 5 heteroatoms. The first kappa shape index (κ1) is 16.0. The largest absolute Gasteiger partial charge is 0.495 e. The van der Waals surface area contributed by atoms with Crippen LogP contribution in [0.15, 0.2) is 21.1 Å². The van der Waals surface area contributed by atoms with E-state index in [0.29, 0.717) is 6.54 Å². The van der Waals surface area contributed by atoms with Crippen LogP contribution >= 0.6 is 31.9 Å². The summed E-state index contributed by atoms with van der Waals surface area (Å²) in [6.07, 6.45) is -0.431. The number of hydrogen-bond donors (Lipinski definition) is 2. The zero-order valence-electron chi connectivity index (χ0n) is 11.1. The minimum absolute atomic E-state index is 0.347. The molecule has 2 N–H and O–H groups in total. The molecule has 0 saturated carbocycles. The Bertz CT molecular complexity index is 420. The molecule has 1 aromatic rings. The molecule has 0 aliphatic carbocycles. The van der Waals surface area contributed by atoms with Gasteiger partial charge >= 0.3 is 0 Å². The fourth-order valence-electron chi connectivity index (χ4n) is 1.44. The molecule has 3 nitrogen and oxygen atoms in total. The molecule has 0 spiro atoms. The molecule has 1 unspecified atom stereocenters. The zero-order chi connectivity index (χ0) is 13.9. The maximum Gasteiger partial charge on any atom is 0.137 e. The standard InChI is InChI=1S/C13H19Br2NO2/c1-8(17)13(2,3)16-7-9-5-10(14)6-11(15)12(9)18-4/h5-6,8,16-17H,7H2,1-4H3. The summed E-state index contributed by atoms with van der Waals surface area (Å²) in [7, 11) is 1.65. The number of aliphatic hydroxyl groups excluding tert-OH is 1. The zero-order valence-corrected chi connectivity index (χ0v) is 14.2. The van der Waals surface area contributed by atoms with Crippen molar-refractivity contribution in [3.63, 3.8) is 0 Å². The first-order chi connectivity index (χ1) is 8.27. The van der Waals surface area contributed by atoms with Crippen molar-refractivity contribution in [3.05, 3.63) is 26.6 Å². The van der Waals surface area contributed by atoms with Gasteiger partial charge in [0, 0.05) is 22.1 Å². The molecule has 102 valence electrons. The van der Waals surface area contributed by atoms with Crippen molar-refractivity contribution in [2.75, 3.05) is 7.11 Å². The first-order valence-corrected chi connectivity index (χ1v) is 7.31. The van der Waals surface area contributed by atoms with E-state index >= 15 is 0 Å². The molecule has 1 aromatic carbocycles. The van der Waals surface area contributed by atoms with Gasteiger partial charge < -0.3 is 15.2 Å². The van der Waals surface area contributed by atoms with Crippen LogP contribution in [0.3, 0.4) is 0 Å². The molecule has 18 heavy (non-hydrogen) atoms. The van der Waals surface area contributed by atoms with Gasteiger partial charge in [-0.15, -0.1) is 0 Å². The van der Waals surface area contributed by atoms with Crippen LogP contribution in [-0.2, 0) is 6.54 Å². The highest BCUT2D eigenvalue weighted by molar-refractivity contribution is 9.11. The highest BCUT2D eigenvalue weighted by atomic mass is 79.9. The quantitative estimate of drug-likeness (QED) is 0.821. The van der Waals surface area contributed by atoms with Gasteiger partial charge in [0.1, 0.15) is 5.75 Å². The summed E-state index contributed by atoms with van der Waals surface area (Å²) in [4.78, 5) is 0. The Morgan fingerprint density at radius 2 is 2.00 bits per heavy atom. The summed E-state index contributed by atoms with van der Waals surface area (Å²) in [5.74, 6) is 0.812. The van der Waals surface area contributed by atoms with E-state index in [4.69, 9.17) is 4.74 Å². The number of aliphatic hydroxyl groups is 1. The second-order valence-electron chi connectivity index (χ2n) is 4.83. The third kappa shape index (κ3) is 3.95. The summed E-state index contributed by atoms with van der Waals surface area (Å²) < 4.78 is 7.28. The summed E-state index contributed by atoms with van der Waals surface area (Å²) >= 11 is 6.94. The average molecular weight is 381 g/mol. The number of hydrogen-bond acceptors (Lipinski definition) is 3.